The fourth-order valence-electron chi connectivity index (χ4n) is 1.25. The number of carboxylic acid groups (broad SMARTS) is 3. The summed E-state index contributed by atoms with van der Waals surface area (Å²) in [7, 11) is 2.05. The molecule has 0 bridgehead atoms. The first-order valence-corrected chi connectivity index (χ1v) is 4.56. The number of benzene rings is 1. The molecule has 1 aromatic carbocycles. The molecule has 0 saturated carbocycles. The number of hydrogen-bond acceptors (Lipinski definition) is 3. The summed E-state index contributed by atoms with van der Waals surface area (Å²) in [6, 6.07) is 2.28. The zero-order valence-corrected chi connectivity index (χ0v) is 8.95. The molecule has 1 rings (SSSR count). The molecule has 0 aliphatic rings. The first-order chi connectivity index (χ1) is 7.36. The van der Waals surface area contributed by atoms with Gasteiger partial charge in [-0.05, 0) is 11.4 Å². The van der Waals surface area contributed by atoms with Crippen molar-refractivity contribution in [2.24, 2.45) is 0 Å². The molecule has 7 heteroatoms. The standard InChI is InChI=1S/C9H7O6P/c10-7(11)3-1-2-4(16)6(9(14)15)5(3)8(12)13/h1-2H,16H2,(H,10,11)(H,12,13)(H,14,15). The van der Waals surface area contributed by atoms with Gasteiger partial charge in [0.2, 0.25) is 0 Å². The third kappa shape index (κ3) is 2.01. The molecular weight excluding hydrogens is 235 g/mol. The fourth-order valence-corrected chi connectivity index (χ4v) is 1.61. The molecule has 0 saturated heterocycles. The monoisotopic (exact) mass is 242 g/mol. The lowest BCUT2D eigenvalue weighted by Gasteiger charge is -2.08. The number of rotatable bonds is 3. The van der Waals surface area contributed by atoms with Crippen LogP contribution in [-0.4, -0.2) is 33.2 Å². The van der Waals surface area contributed by atoms with Gasteiger partial charge in [-0.1, -0.05) is 6.07 Å². The van der Waals surface area contributed by atoms with E-state index in [9.17, 15) is 14.4 Å². The Labute approximate surface area is 91.7 Å². The van der Waals surface area contributed by atoms with Gasteiger partial charge in [-0.2, -0.15) is 0 Å². The van der Waals surface area contributed by atoms with Gasteiger partial charge in [0.25, 0.3) is 0 Å². The van der Waals surface area contributed by atoms with Gasteiger partial charge >= 0.3 is 17.9 Å². The van der Waals surface area contributed by atoms with Crippen molar-refractivity contribution in [1.82, 2.24) is 0 Å². The van der Waals surface area contributed by atoms with Crippen molar-refractivity contribution in [2.75, 3.05) is 0 Å². The van der Waals surface area contributed by atoms with Crippen molar-refractivity contribution in [3.8, 4) is 0 Å². The summed E-state index contributed by atoms with van der Waals surface area (Å²) in [5.41, 5.74) is -1.79. The molecule has 0 spiro atoms. The molecule has 0 radical (unpaired) electrons. The van der Waals surface area contributed by atoms with E-state index >= 15 is 0 Å². The van der Waals surface area contributed by atoms with Crippen LogP contribution in [0.15, 0.2) is 12.1 Å². The Hall–Kier alpha value is -1.94. The van der Waals surface area contributed by atoms with Crippen molar-refractivity contribution in [3.05, 3.63) is 28.8 Å². The molecule has 0 aliphatic heterocycles. The van der Waals surface area contributed by atoms with Crippen LogP contribution in [-0.2, 0) is 0 Å². The van der Waals surface area contributed by atoms with Gasteiger partial charge in [-0.25, -0.2) is 14.4 Å². The van der Waals surface area contributed by atoms with Crippen LogP contribution in [0.5, 0.6) is 0 Å². The predicted molar refractivity (Wildman–Crippen MR) is 56.7 cm³/mol. The predicted octanol–water partition coefficient (Wildman–Crippen LogP) is 0.282. The first kappa shape index (κ1) is 12.1. The summed E-state index contributed by atoms with van der Waals surface area (Å²) < 4.78 is 0. The Balaban J connectivity index is 3.70. The average molecular weight is 242 g/mol. The van der Waals surface area contributed by atoms with Gasteiger partial charge in [-0.15, -0.1) is 9.24 Å². The zero-order chi connectivity index (χ0) is 12.5. The van der Waals surface area contributed by atoms with Crippen molar-refractivity contribution in [2.45, 2.75) is 0 Å². The van der Waals surface area contributed by atoms with Crippen LogP contribution in [0, 0.1) is 0 Å². The van der Waals surface area contributed by atoms with Gasteiger partial charge in [0, 0.05) is 0 Å². The van der Waals surface area contributed by atoms with Crippen LogP contribution < -0.4 is 5.30 Å². The average Bonchev–Trinajstić information content (AvgIpc) is 2.15. The maximum Gasteiger partial charge on any atom is 0.337 e. The van der Waals surface area contributed by atoms with E-state index in [2.05, 4.69) is 9.24 Å². The minimum absolute atomic E-state index is 0.120. The minimum Gasteiger partial charge on any atom is -0.478 e. The molecule has 3 N–H and O–H groups in total. The van der Waals surface area contributed by atoms with Crippen LogP contribution in [0.1, 0.15) is 31.1 Å². The third-order valence-electron chi connectivity index (χ3n) is 1.90. The van der Waals surface area contributed by atoms with Crippen molar-refractivity contribution in [3.63, 3.8) is 0 Å². The van der Waals surface area contributed by atoms with E-state index in [0.29, 0.717) is 0 Å². The summed E-state index contributed by atoms with van der Waals surface area (Å²) in [5.74, 6) is -4.55. The van der Waals surface area contributed by atoms with E-state index < -0.39 is 34.6 Å². The minimum atomic E-state index is -1.58. The van der Waals surface area contributed by atoms with Gasteiger partial charge in [0.1, 0.15) is 0 Å². The molecule has 0 aromatic heterocycles. The molecule has 84 valence electrons. The highest BCUT2D eigenvalue weighted by Gasteiger charge is 2.25. The van der Waals surface area contributed by atoms with Crippen molar-refractivity contribution in [1.29, 1.82) is 0 Å². The van der Waals surface area contributed by atoms with E-state index in [1.165, 1.54) is 6.07 Å². The molecule has 1 atom stereocenters. The summed E-state index contributed by atoms with van der Waals surface area (Å²) in [6.45, 7) is 0. The van der Waals surface area contributed by atoms with Crippen molar-refractivity contribution < 1.29 is 29.7 Å². The number of aromatic carboxylic acids is 3. The second kappa shape index (κ2) is 4.28. The second-order valence-corrected chi connectivity index (χ2v) is 3.49. The van der Waals surface area contributed by atoms with E-state index in [1.807, 2.05) is 0 Å². The Morgan fingerprint density at radius 2 is 1.38 bits per heavy atom. The maximum atomic E-state index is 10.9. The smallest absolute Gasteiger partial charge is 0.337 e. The second-order valence-electron chi connectivity index (χ2n) is 2.87. The molecule has 0 fully saturated rings. The Morgan fingerprint density at radius 3 is 1.75 bits per heavy atom. The highest BCUT2D eigenvalue weighted by atomic mass is 31.0. The summed E-state index contributed by atoms with van der Waals surface area (Å²) in [5, 5.41) is 26.5. The summed E-state index contributed by atoms with van der Waals surface area (Å²) in [4.78, 5) is 32.5. The van der Waals surface area contributed by atoms with Gasteiger partial charge in [0.05, 0.1) is 16.7 Å². The van der Waals surface area contributed by atoms with Crippen molar-refractivity contribution >= 4 is 32.5 Å². The molecule has 0 aliphatic carbocycles. The number of carbonyl (C=O) groups is 3. The van der Waals surface area contributed by atoms with Crippen LogP contribution in [0.4, 0.5) is 0 Å². The lowest BCUT2D eigenvalue weighted by Crippen LogP contribution is -2.20. The first-order valence-electron chi connectivity index (χ1n) is 3.98. The highest BCUT2D eigenvalue weighted by Crippen LogP contribution is 2.15. The maximum absolute atomic E-state index is 10.9. The number of hydrogen-bond donors (Lipinski definition) is 3. The van der Waals surface area contributed by atoms with Crippen LogP contribution in [0.25, 0.3) is 0 Å². The Bertz CT molecular complexity index is 493. The van der Waals surface area contributed by atoms with E-state index in [4.69, 9.17) is 15.3 Å². The quantitative estimate of drug-likeness (QED) is 0.656. The van der Waals surface area contributed by atoms with Crippen LogP contribution >= 0.6 is 9.24 Å². The van der Waals surface area contributed by atoms with E-state index in [0.717, 1.165) is 6.07 Å². The molecule has 0 heterocycles. The molecular formula is C9H7O6P. The number of carboxylic acids is 3. The summed E-state index contributed by atoms with van der Waals surface area (Å²) >= 11 is 0. The lowest BCUT2D eigenvalue weighted by molar-refractivity contribution is 0.0634. The SMILES string of the molecule is O=C(O)c1ccc(P)c(C(=O)O)c1C(=O)O. The third-order valence-corrected chi connectivity index (χ3v) is 2.38. The topological polar surface area (TPSA) is 112 Å². The van der Waals surface area contributed by atoms with Gasteiger partial charge < -0.3 is 15.3 Å². The molecule has 1 aromatic rings. The largest absolute Gasteiger partial charge is 0.478 e. The Kier molecular flexibility index (Phi) is 3.25. The van der Waals surface area contributed by atoms with E-state index in [-0.39, 0.29) is 5.30 Å². The van der Waals surface area contributed by atoms with Crippen LogP contribution in [0.2, 0.25) is 0 Å². The van der Waals surface area contributed by atoms with Gasteiger partial charge in [-0.3, -0.25) is 0 Å². The van der Waals surface area contributed by atoms with Crippen LogP contribution in [0.3, 0.4) is 0 Å². The molecule has 6 nitrogen and oxygen atoms in total. The highest BCUT2D eigenvalue weighted by molar-refractivity contribution is 7.27. The normalized spacial score (nSPS) is 9.81. The lowest BCUT2D eigenvalue weighted by atomic mass is 10.0. The molecule has 0 amide bonds. The zero-order valence-electron chi connectivity index (χ0n) is 7.80. The molecule has 1 unspecified atom stereocenters. The summed E-state index contributed by atoms with van der Waals surface area (Å²) in [6.07, 6.45) is 0. The van der Waals surface area contributed by atoms with E-state index in [1.54, 1.807) is 0 Å². The fraction of sp³-hybridized carbons (Fsp3) is 0. The molecule has 16 heavy (non-hydrogen) atoms. The Morgan fingerprint density at radius 1 is 0.875 bits per heavy atom. The van der Waals surface area contributed by atoms with Gasteiger partial charge in [0.15, 0.2) is 0 Å².